The highest BCUT2D eigenvalue weighted by molar-refractivity contribution is 5.83. The van der Waals surface area contributed by atoms with Crippen molar-refractivity contribution in [3.8, 4) is 0 Å². The number of hydrogen-bond donors (Lipinski definition) is 8. The van der Waals surface area contributed by atoms with Gasteiger partial charge in [-0.15, -0.1) is 0 Å². The van der Waals surface area contributed by atoms with Gasteiger partial charge in [-0.1, -0.05) is 18.2 Å². The van der Waals surface area contributed by atoms with E-state index in [9.17, 15) is 38.1 Å². The van der Waals surface area contributed by atoms with E-state index in [1.54, 1.807) is 0 Å². The number of aliphatic carboxylic acids is 1. The molecule has 248 valence electrons. The Hall–Kier alpha value is -3.62. The number of fused-ring (bicyclic) bond motifs is 1. The third-order valence-corrected chi connectivity index (χ3v) is 7.35. The zero-order valence-electron chi connectivity index (χ0n) is 23.6. The summed E-state index contributed by atoms with van der Waals surface area (Å²) in [6.07, 6.45) is -8.98. The van der Waals surface area contributed by atoms with Crippen molar-refractivity contribution in [2.45, 2.75) is 68.2 Å². The van der Waals surface area contributed by atoms with Gasteiger partial charge in [0.1, 0.15) is 24.4 Å². The first-order valence-corrected chi connectivity index (χ1v) is 13.9. The number of rotatable bonds is 10. The Morgan fingerprint density at radius 1 is 1.16 bits per heavy atom. The van der Waals surface area contributed by atoms with E-state index in [1.807, 2.05) is 24.4 Å². The van der Waals surface area contributed by atoms with Crippen molar-refractivity contribution in [2.75, 3.05) is 19.6 Å². The van der Waals surface area contributed by atoms with E-state index < -0.39 is 72.5 Å². The van der Waals surface area contributed by atoms with E-state index in [1.165, 1.54) is 12.3 Å². The van der Waals surface area contributed by atoms with Gasteiger partial charge >= 0.3 is 17.8 Å². The highest BCUT2D eigenvalue weighted by Crippen LogP contribution is 2.32. The molecular formula is C27H34F3N5O10. The maximum absolute atomic E-state index is 12.3. The number of carboxylic acids is 1. The smallest absolute Gasteiger partial charge is 0.475 e. The van der Waals surface area contributed by atoms with Gasteiger partial charge in [-0.05, 0) is 24.6 Å². The monoisotopic (exact) mass is 645 g/mol. The lowest BCUT2D eigenvalue weighted by atomic mass is 10.1. The van der Waals surface area contributed by atoms with Crippen molar-refractivity contribution in [1.82, 2.24) is 19.9 Å². The summed E-state index contributed by atoms with van der Waals surface area (Å²) >= 11 is 0. The molecule has 2 aliphatic rings. The van der Waals surface area contributed by atoms with Crippen LogP contribution in [0.5, 0.6) is 0 Å². The standard InChI is InChI=1S/C25H33N5O8.C2HF3O2/c26-10-18-21(33)22(34)24(37-18)38-19(12-27-7-5-13-11-28-15-4-2-1-3-14(13)15)17-9-16(31)23(36-17)30-8-6-20(32)29-25(30)35;3-2(4,5)1(6)7/h1-4,6,8,11,16-19,21-24,27-28,31,33-34H,5,7,9-10,12,26H2,(H,29,32,35);(H,6,7)/t16-,17+,18-,19+,21-,22-,23-,24+;/m1./s1. The van der Waals surface area contributed by atoms with Gasteiger partial charge in [0.15, 0.2) is 12.5 Å². The summed E-state index contributed by atoms with van der Waals surface area (Å²) in [7, 11) is 0. The van der Waals surface area contributed by atoms with E-state index in [0.717, 1.165) is 27.5 Å². The van der Waals surface area contributed by atoms with Crippen LogP contribution in [0.2, 0.25) is 0 Å². The van der Waals surface area contributed by atoms with Crippen LogP contribution in [0, 0.1) is 0 Å². The molecule has 8 atom stereocenters. The van der Waals surface area contributed by atoms with Crippen molar-refractivity contribution in [2.24, 2.45) is 5.73 Å². The minimum atomic E-state index is -5.08. The van der Waals surface area contributed by atoms with Gasteiger partial charge in [0.25, 0.3) is 5.56 Å². The predicted molar refractivity (Wildman–Crippen MR) is 149 cm³/mol. The van der Waals surface area contributed by atoms with Gasteiger partial charge in [0, 0.05) is 48.9 Å². The van der Waals surface area contributed by atoms with Crippen molar-refractivity contribution in [3.05, 3.63) is 69.1 Å². The van der Waals surface area contributed by atoms with Crippen LogP contribution in [0.3, 0.4) is 0 Å². The number of para-hydroxylation sites is 1. The van der Waals surface area contributed by atoms with Crippen LogP contribution in [0.1, 0.15) is 18.2 Å². The molecule has 2 fully saturated rings. The summed E-state index contributed by atoms with van der Waals surface area (Å²) in [6, 6.07) is 9.19. The molecule has 1 aromatic carbocycles. The lowest BCUT2D eigenvalue weighted by Crippen LogP contribution is -2.44. The molecule has 5 rings (SSSR count). The Morgan fingerprint density at radius 2 is 1.87 bits per heavy atom. The number of carbonyl (C=O) groups is 1. The van der Waals surface area contributed by atoms with Gasteiger partial charge in [-0.3, -0.25) is 14.3 Å². The quantitative estimate of drug-likeness (QED) is 0.123. The molecule has 0 amide bonds. The second-order valence-corrected chi connectivity index (χ2v) is 10.4. The van der Waals surface area contributed by atoms with Crippen LogP contribution in [0.25, 0.3) is 10.9 Å². The molecule has 0 aliphatic carbocycles. The highest BCUT2D eigenvalue weighted by atomic mass is 19.4. The van der Waals surface area contributed by atoms with Crippen LogP contribution in [-0.2, 0) is 25.4 Å². The van der Waals surface area contributed by atoms with E-state index in [2.05, 4.69) is 21.4 Å². The summed E-state index contributed by atoms with van der Waals surface area (Å²) < 4.78 is 50.6. The number of nitrogens with one attached hydrogen (secondary N) is 3. The molecule has 0 saturated carbocycles. The van der Waals surface area contributed by atoms with Crippen molar-refractivity contribution in [1.29, 1.82) is 0 Å². The average Bonchev–Trinajstić information content (AvgIpc) is 3.66. The third kappa shape index (κ3) is 8.35. The third-order valence-electron chi connectivity index (χ3n) is 7.35. The number of alkyl halides is 3. The van der Waals surface area contributed by atoms with Gasteiger partial charge in [0.2, 0.25) is 0 Å². The van der Waals surface area contributed by atoms with E-state index >= 15 is 0 Å². The normalized spacial score (nSPS) is 27.3. The van der Waals surface area contributed by atoms with Crippen LogP contribution in [0.15, 0.2) is 52.3 Å². The number of H-pyrrole nitrogens is 2. The van der Waals surface area contributed by atoms with Crippen LogP contribution in [0.4, 0.5) is 13.2 Å². The number of benzene rings is 1. The Kier molecular flexibility index (Phi) is 11.2. The molecule has 2 saturated heterocycles. The number of aliphatic hydroxyl groups excluding tert-OH is 3. The molecule has 2 aliphatic heterocycles. The number of hydrogen-bond acceptors (Lipinski definition) is 11. The Morgan fingerprint density at radius 3 is 2.51 bits per heavy atom. The lowest BCUT2D eigenvalue weighted by Gasteiger charge is -2.28. The maximum Gasteiger partial charge on any atom is 0.490 e. The Bertz CT molecular complexity index is 1550. The van der Waals surface area contributed by atoms with Crippen molar-refractivity contribution < 1.29 is 52.6 Å². The lowest BCUT2D eigenvalue weighted by molar-refractivity contribution is -0.213. The molecule has 45 heavy (non-hydrogen) atoms. The molecule has 0 radical (unpaired) electrons. The molecule has 9 N–H and O–H groups in total. The molecule has 0 bridgehead atoms. The summed E-state index contributed by atoms with van der Waals surface area (Å²) in [5, 5.41) is 42.9. The van der Waals surface area contributed by atoms with Gasteiger partial charge < -0.3 is 50.7 Å². The van der Waals surface area contributed by atoms with E-state index in [0.29, 0.717) is 6.54 Å². The number of halogens is 3. The number of aromatic nitrogens is 3. The maximum atomic E-state index is 12.3. The largest absolute Gasteiger partial charge is 0.490 e. The molecule has 3 aromatic rings. The number of aromatic amines is 2. The average molecular weight is 646 g/mol. The predicted octanol–water partition coefficient (Wildman–Crippen LogP) is -1.08. The van der Waals surface area contributed by atoms with E-state index in [-0.39, 0.29) is 19.5 Å². The first kappa shape index (κ1) is 34.3. The van der Waals surface area contributed by atoms with Crippen LogP contribution < -0.4 is 22.3 Å². The zero-order valence-corrected chi connectivity index (χ0v) is 23.6. The van der Waals surface area contributed by atoms with Crippen molar-refractivity contribution in [3.63, 3.8) is 0 Å². The molecule has 15 nitrogen and oxygen atoms in total. The Labute approximate surface area is 252 Å². The minimum absolute atomic E-state index is 0.00146. The number of carboxylic acid groups (broad SMARTS) is 1. The summed E-state index contributed by atoms with van der Waals surface area (Å²) in [4.78, 5) is 38.0. The highest BCUT2D eigenvalue weighted by Gasteiger charge is 2.47. The summed E-state index contributed by atoms with van der Waals surface area (Å²) in [5.74, 6) is -2.76. The fraction of sp³-hybridized carbons (Fsp3) is 0.519. The summed E-state index contributed by atoms with van der Waals surface area (Å²) in [6.45, 7) is 0.867. The molecule has 2 aromatic heterocycles. The number of nitrogens with zero attached hydrogens (tertiary/aromatic N) is 1. The molecule has 4 heterocycles. The molecule has 0 unspecified atom stereocenters. The first-order valence-electron chi connectivity index (χ1n) is 13.9. The van der Waals surface area contributed by atoms with Crippen LogP contribution in [-0.4, -0.2) is 110 Å². The fourth-order valence-electron chi connectivity index (χ4n) is 5.06. The number of aliphatic hydroxyl groups is 3. The topological polar surface area (TPSA) is 234 Å². The molecule has 18 heteroatoms. The van der Waals surface area contributed by atoms with Gasteiger partial charge in [-0.2, -0.15) is 13.2 Å². The Balaban J connectivity index is 0.000000591. The van der Waals surface area contributed by atoms with Crippen molar-refractivity contribution >= 4 is 16.9 Å². The van der Waals surface area contributed by atoms with Crippen LogP contribution >= 0.6 is 0 Å². The number of nitrogens with two attached hydrogens (primary N) is 1. The first-order chi connectivity index (χ1) is 21.3. The fourth-order valence-corrected chi connectivity index (χ4v) is 5.06. The number of ether oxygens (including phenoxy) is 3. The minimum Gasteiger partial charge on any atom is -0.475 e. The van der Waals surface area contributed by atoms with E-state index in [4.69, 9.17) is 29.8 Å². The van der Waals surface area contributed by atoms with Gasteiger partial charge in [-0.25, -0.2) is 9.59 Å². The second kappa shape index (κ2) is 14.6. The molecule has 0 spiro atoms. The molecular weight excluding hydrogens is 611 g/mol. The SMILES string of the molecule is NC[C@H]1O[C@@H](O[C@@H](CNCCc2c[nH]c3ccccc23)[C@@H]2C[C@@H](O)[C@H](n3ccc(=O)[nH]c3=O)O2)[C@H](O)[C@@H]1O.O=C(O)C(F)(F)F. The second-order valence-electron chi connectivity index (χ2n) is 10.4. The summed E-state index contributed by atoms with van der Waals surface area (Å²) in [5.41, 5.74) is 6.57. The zero-order chi connectivity index (χ0) is 32.9. The van der Waals surface area contributed by atoms with Gasteiger partial charge in [0.05, 0.1) is 12.2 Å².